The molecule has 1 aromatic carbocycles. The van der Waals surface area contributed by atoms with Crippen molar-refractivity contribution in [1.82, 2.24) is 15.0 Å². The first-order valence-electron chi connectivity index (χ1n) is 7.71. The highest BCUT2D eigenvalue weighted by molar-refractivity contribution is 5.87. The van der Waals surface area contributed by atoms with Crippen molar-refractivity contribution in [3.05, 3.63) is 73.2 Å². The van der Waals surface area contributed by atoms with Crippen molar-refractivity contribution >= 4 is 16.6 Å². The Bertz CT molecular complexity index is 957. The number of nitrogens with one attached hydrogen (secondary N) is 1. The normalized spacial score (nSPS) is 12.0. The van der Waals surface area contributed by atoms with E-state index >= 15 is 0 Å². The first-order valence-corrected chi connectivity index (χ1v) is 7.71. The smallest absolute Gasteiger partial charge is 0.231 e. The maximum atomic E-state index is 9.57. The molecular formula is C19H18N4O2. The van der Waals surface area contributed by atoms with Gasteiger partial charge in [0.1, 0.15) is 23.5 Å². The van der Waals surface area contributed by atoms with Crippen LogP contribution < -0.4 is 10.5 Å². The molecule has 0 unspecified atom stereocenters. The standard InChI is InChI=1S/C19H18N4O2/c1-2-3-5-13(8-9-20)17-11-16-18(23-17)21-12-22-19(16)25-15-7-4-6-14(24)10-15/h2-8,10-12,24H,1,9,20H2,(H,21,22,23)/b5-3-,13-8+. The molecule has 0 radical (unpaired) electrons. The van der Waals surface area contributed by atoms with Crippen molar-refractivity contribution in [1.29, 1.82) is 0 Å². The lowest BCUT2D eigenvalue weighted by Gasteiger charge is -2.05. The van der Waals surface area contributed by atoms with Crippen LogP contribution >= 0.6 is 0 Å². The van der Waals surface area contributed by atoms with Crippen LogP contribution in [0.15, 0.2) is 67.5 Å². The average molecular weight is 334 g/mol. The lowest BCUT2D eigenvalue weighted by atomic mass is 10.1. The lowest BCUT2D eigenvalue weighted by Crippen LogP contribution is -1.95. The molecule has 3 rings (SSSR count). The van der Waals surface area contributed by atoms with Crippen LogP contribution in [0.5, 0.6) is 17.4 Å². The molecule has 0 aliphatic carbocycles. The quantitative estimate of drug-likeness (QED) is 0.599. The van der Waals surface area contributed by atoms with Gasteiger partial charge in [-0.3, -0.25) is 0 Å². The summed E-state index contributed by atoms with van der Waals surface area (Å²) in [5.74, 6) is 1.02. The molecule has 0 fully saturated rings. The van der Waals surface area contributed by atoms with E-state index in [-0.39, 0.29) is 5.75 Å². The number of fused-ring (bicyclic) bond motifs is 1. The van der Waals surface area contributed by atoms with Crippen molar-refractivity contribution in [3.8, 4) is 17.4 Å². The Balaban J connectivity index is 2.01. The zero-order valence-corrected chi connectivity index (χ0v) is 13.5. The molecule has 126 valence electrons. The van der Waals surface area contributed by atoms with Gasteiger partial charge in [0.25, 0.3) is 0 Å². The summed E-state index contributed by atoms with van der Waals surface area (Å²) in [7, 11) is 0. The minimum atomic E-state index is 0.125. The number of aromatic amines is 1. The van der Waals surface area contributed by atoms with Crippen molar-refractivity contribution in [2.45, 2.75) is 0 Å². The van der Waals surface area contributed by atoms with E-state index in [1.807, 2.05) is 24.3 Å². The Labute approximate surface area is 145 Å². The van der Waals surface area contributed by atoms with Gasteiger partial charge in [0, 0.05) is 18.3 Å². The Morgan fingerprint density at radius 3 is 2.96 bits per heavy atom. The van der Waals surface area contributed by atoms with E-state index in [1.165, 1.54) is 12.4 Å². The van der Waals surface area contributed by atoms with Gasteiger partial charge in [-0.05, 0) is 23.8 Å². The molecule has 6 heteroatoms. The highest BCUT2D eigenvalue weighted by Crippen LogP contribution is 2.30. The summed E-state index contributed by atoms with van der Waals surface area (Å²) >= 11 is 0. The minimum absolute atomic E-state index is 0.125. The Hall–Kier alpha value is -3.38. The fourth-order valence-electron chi connectivity index (χ4n) is 2.38. The maximum absolute atomic E-state index is 9.57. The second kappa shape index (κ2) is 7.46. The Kier molecular flexibility index (Phi) is 4.92. The molecule has 0 spiro atoms. The molecule has 25 heavy (non-hydrogen) atoms. The molecule has 0 bridgehead atoms. The van der Waals surface area contributed by atoms with Crippen molar-refractivity contribution in [2.24, 2.45) is 5.73 Å². The van der Waals surface area contributed by atoms with Crippen LogP contribution in [0.25, 0.3) is 16.6 Å². The molecule has 0 atom stereocenters. The number of hydrogen-bond donors (Lipinski definition) is 3. The van der Waals surface area contributed by atoms with Crippen molar-refractivity contribution in [2.75, 3.05) is 6.54 Å². The largest absolute Gasteiger partial charge is 0.508 e. The number of benzene rings is 1. The zero-order chi connectivity index (χ0) is 17.6. The summed E-state index contributed by atoms with van der Waals surface area (Å²) in [6.45, 7) is 4.09. The van der Waals surface area contributed by atoms with Crippen LogP contribution in [0.3, 0.4) is 0 Å². The number of nitrogens with zero attached hydrogens (tertiary/aromatic N) is 2. The SMILES string of the molecule is C=C/C=C\C(=C/CN)c1cc2c(Oc3cccc(O)c3)ncnc2[nH]1. The Morgan fingerprint density at radius 1 is 1.32 bits per heavy atom. The number of ether oxygens (including phenoxy) is 1. The third-order valence-corrected chi connectivity index (χ3v) is 3.48. The fourth-order valence-corrected chi connectivity index (χ4v) is 2.38. The Morgan fingerprint density at radius 2 is 2.20 bits per heavy atom. The summed E-state index contributed by atoms with van der Waals surface area (Å²) in [5, 5.41) is 10.3. The van der Waals surface area contributed by atoms with E-state index in [1.54, 1.807) is 24.3 Å². The molecule has 2 aromatic heterocycles. The van der Waals surface area contributed by atoms with Gasteiger partial charge in [0.15, 0.2) is 0 Å². The summed E-state index contributed by atoms with van der Waals surface area (Å²) in [6.07, 6.45) is 8.76. The van der Waals surface area contributed by atoms with Gasteiger partial charge in [-0.25, -0.2) is 9.97 Å². The van der Waals surface area contributed by atoms with E-state index < -0.39 is 0 Å². The predicted molar refractivity (Wildman–Crippen MR) is 98.4 cm³/mol. The lowest BCUT2D eigenvalue weighted by molar-refractivity contribution is 0.448. The number of phenols is 1. The number of phenolic OH excluding ortho intramolecular Hbond substituents is 1. The second-order valence-electron chi connectivity index (χ2n) is 5.21. The zero-order valence-electron chi connectivity index (χ0n) is 13.5. The van der Waals surface area contributed by atoms with Crippen LogP contribution in [0, 0.1) is 0 Å². The first kappa shape index (κ1) is 16.5. The summed E-state index contributed by atoms with van der Waals surface area (Å²) in [6, 6.07) is 8.45. The molecule has 0 saturated heterocycles. The van der Waals surface area contributed by atoms with Gasteiger partial charge in [-0.1, -0.05) is 36.9 Å². The number of aromatic nitrogens is 3. The van der Waals surface area contributed by atoms with Gasteiger partial charge in [0.2, 0.25) is 5.88 Å². The number of rotatable bonds is 6. The predicted octanol–water partition coefficient (Wildman–Crippen LogP) is 3.54. The van der Waals surface area contributed by atoms with E-state index in [9.17, 15) is 5.11 Å². The molecule has 0 aliphatic heterocycles. The van der Waals surface area contributed by atoms with E-state index in [2.05, 4.69) is 21.5 Å². The van der Waals surface area contributed by atoms with Crippen LogP contribution in [0.2, 0.25) is 0 Å². The van der Waals surface area contributed by atoms with Crippen LogP contribution in [0.4, 0.5) is 0 Å². The molecule has 6 nitrogen and oxygen atoms in total. The van der Waals surface area contributed by atoms with Gasteiger partial charge in [0.05, 0.1) is 5.39 Å². The highest BCUT2D eigenvalue weighted by Gasteiger charge is 2.11. The molecule has 2 heterocycles. The van der Waals surface area contributed by atoms with Gasteiger partial charge >= 0.3 is 0 Å². The number of nitrogens with two attached hydrogens (primary N) is 1. The summed E-state index contributed by atoms with van der Waals surface area (Å²) < 4.78 is 5.80. The molecule has 4 N–H and O–H groups in total. The van der Waals surface area contributed by atoms with E-state index in [0.29, 0.717) is 23.8 Å². The third-order valence-electron chi connectivity index (χ3n) is 3.48. The summed E-state index contributed by atoms with van der Waals surface area (Å²) in [4.78, 5) is 11.7. The van der Waals surface area contributed by atoms with Crippen LogP contribution in [-0.4, -0.2) is 26.6 Å². The van der Waals surface area contributed by atoms with Crippen molar-refractivity contribution < 1.29 is 9.84 Å². The van der Waals surface area contributed by atoms with Crippen molar-refractivity contribution in [3.63, 3.8) is 0 Å². The van der Waals surface area contributed by atoms with E-state index in [4.69, 9.17) is 10.5 Å². The molecule has 0 saturated carbocycles. The number of hydrogen-bond acceptors (Lipinski definition) is 5. The number of H-pyrrole nitrogens is 1. The minimum Gasteiger partial charge on any atom is -0.508 e. The average Bonchev–Trinajstić information content (AvgIpc) is 3.04. The highest BCUT2D eigenvalue weighted by atomic mass is 16.5. The van der Waals surface area contributed by atoms with Crippen LogP contribution in [0.1, 0.15) is 5.69 Å². The molecule has 0 amide bonds. The molecular weight excluding hydrogens is 316 g/mol. The van der Waals surface area contributed by atoms with Gasteiger partial charge < -0.3 is 20.6 Å². The summed E-state index contributed by atoms with van der Waals surface area (Å²) in [5.41, 5.74) is 8.07. The number of aromatic hydroxyl groups is 1. The number of allylic oxidation sites excluding steroid dienone is 4. The molecule has 3 aromatic rings. The monoisotopic (exact) mass is 334 g/mol. The van der Waals surface area contributed by atoms with Gasteiger partial charge in [-0.15, -0.1) is 0 Å². The van der Waals surface area contributed by atoms with E-state index in [0.717, 1.165) is 16.7 Å². The topological polar surface area (TPSA) is 97.1 Å². The van der Waals surface area contributed by atoms with Gasteiger partial charge in [-0.2, -0.15) is 0 Å². The third kappa shape index (κ3) is 3.76. The fraction of sp³-hybridized carbons (Fsp3) is 0.0526. The molecule has 0 aliphatic rings. The van der Waals surface area contributed by atoms with Crippen LogP contribution in [-0.2, 0) is 0 Å². The second-order valence-corrected chi connectivity index (χ2v) is 5.21. The first-order chi connectivity index (χ1) is 12.2. The maximum Gasteiger partial charge on any atom is 0.231 e.